The van der Waals surface area contributed by atoms with Gasteiger partial charge in [0.2, 0.25) is 5.95 Å². The number of nitrogens with zero attached hydrogens (tertiary/aromatic N) is 2. The highest BCUT2D eigenvalue weighted by Crippen LogP contribution is 2.40. The highest BCUT2D eigenvalue weighted by molar-refractivity contribution is 9.10. The van der Waals surface area contributed by atoms with Crippen LogP contribution in [-0.4, -0.2) is 15.9 Å². The van der Waals surface area contributed by atoms with Crippen molar-refractivity contribution in [2.45, 2.75) is 45.5 Å². The Hall–Kier alpha value is -2.22. The monoisotopic (exact) mass is 481 g/mol. The fourth-order valence-electron chi connectivity index (χ4n) is 4.51. The van der Waals surface area contributed by atoms with E-state index in [1.54, 1.807) is 12.1 Å². The fraction of sp³-hybridized carbons (Fsp3) is 0.409. The fourth-order valence-corrected chi connectivity index (χ4v) is 4.86. The molecule has 2 atom stereocenters. The summed E-state index contributed by atoms with van der Waals surface area (Å²) in [5.41, 5.74) is 2.57. The van der Waals surface area contributed by atoms with Gasteiger partial charge in [-0.2, -0.15) is 0 Å². The smallest absolute Gasteiger partial charge is 0.406 e. The van der Waals surface area contributed by atoms with Crippen molar-refractivity contribution in [3.05, 3.63) is 46.9 Å². The van der Waals surface area contributed by atoms with Crippen molar-refractivity contribution >= 4 is 38.6 Å². The topological polar surface area (TPSA) is 39.1 Å². The first-order chi connectivity index (χ1) is 14.2. The van der Waals surface area contributed by atoms with Gasteiger partial charge in [-0.15, -0.1) is 13.2 Å². The van der Waals surface area contributed by atoms with Crippen LogP contribution in [-0.2, 0) is 0 Å². The number of halogens is 4. The molecule has 3 aromatic rings. The third kappa shape index (κ3) is 4.74. The highest BCUT2D eigenvalue weighted by atomic mass is 79.9. The zero-order valence-corrected chi connectivity index (χ0v) is 18.3. The first kappa shape index (κ1) is 21.0. The van der Waals surface area contributed by atoms with Gasteiger partial charge in [-0.05, 0) is 73.6 Å². The van der Waals surface area contributed by atoms with E-state index in [9.17, 15) is 13.2 Å². The van der Waals surface area contributed by atoms with Gasteiger partial charge in [0.05, 0.1) is 11.0 Å². The number of rotatable bonds is 4. The Bertz CT molecular complexity index is 1020. The molecule has 1 heterocycles. The molecule has 1 aliphatic rings. The van der Waals surface area contributed by atoms with Crippen molar-refractivity contribution in [1.29, 1.82) is 0 Å². The number of alkyl halides is 3. The normalized spacial score (nSPS) is 22.3. The summed E-state index contributed by atoms with van der Waals surface area (Å²) in [7, 11) is 0. The first-order valence-corrected chi connectivity index (χ1v) is 10.8. The summed E-state index contributed by atoms with van der Waals surface area (Å²) in [5, 5.41) is 3.30. The Balaban J connectivity index is 1.68. The summed E-state index contributed by atoms with van der Waals surface area (Å²) in [4.78, 5) is 4.79. The number of hydrogen-bond acceptors (Lipinski definition) is 3. The number of fused-ring (bicyclic) bond motifs is 1. The Morgan fingerprint density at radius 2 is 1.70 bits per heavy atom. The van der Waals surface area contributed by atoms with Crippen LogP contribution in [0.2, 0.25) is 0 Å². The maximum atomic E-state index is 12.4. The Labute approximate surface area is 181 Å². The van der Waals surface area contributed by atoms with Gasteiger partial charge in [-0.25, -0.2) is 4.98 Å². The van der Waals surface area contributed by atoms with Gasteiger partial charge in [-0.1, -0.05) is 29.8 Å². The number of benzene rings is 2. The summed E-state index contributed by atoms with van der Waals surface area (Å²) in [6.45, 7) is 4.57. The second-order valence-electron chi connectivity index (χ2n) is 8.21. The predicted molar refractivity (Wildman–Crippen MR) is 115 cm³/mol. The van der Waals surface area contributed by atoms with E-state index in [-0.39, 0.29) is 5.75 Å². The van der Waals surface area contributed by atoms with E-state index in [1.807, 2.05) is 12.1 Å². The average Bonchev–Trinajstić information content (AvgIpc) is 2.98. The largest absolute Gasteiger partial charge is 0.573 e. The van der Waals surface area contributed by atoms with E-state index in [0.717, 1.165) is 28.3 Å². The molecule has 4 nitrogen and oxygen atoms in total. The lowest BCUT2D eigenvalue weighted by molar-refractivity contribution is -0.274. The molecular formula is C22H23BrF3N3O. The molecule has 0 aliphatic heterocycles. The van der Waals surface area contributed by atoms with Crippen LogP contribution in [0, 0.1) is 11.8 Å². The molecule has 0 saturated heterocycles. The summed E-state index contributed by atoms with van der Waals surface area (Å²) >= 11 is 3.50. The van der Waals surface area contributed by atoms with Gasteiger partial charge < -0.3 is 14.6 Å². The van der Waals surface area contributed by atoms with Gasteiger partial charge >= 0.3 is 6.36 Å². The van der Waals surface area contributed by atoms with Crippen LogP contribution >= 0.6 is 15.9 Å². The standard InChI is InChI=1S/C22H23BrF3N3O/c1-13-9-14(2)11-17(10-13)29-20-8-3-15(23)12-19(20)28-21(29)27-16-4-6-18(7-5-16)30-22(24,25)26/h3-8,12-14,17H,9-11H2,1-2H3,(H,27,28). The molecule has 1 aliphatic carbocycles. The number of imidazole rings is 1. The number of nitrogens with one attached hydrogen (secondary N) is 1. The number of aromatic nitrogens is 2. The van der Waals surface area contributed by atoms with Gasteiger partial charge in [0, 0.05) is 16.2 Å². The number of hydrogen-bond donors (Lipinski definition) is 1. The molecular weight excluding hydrogens is 459 g/mol. The Morgan fingerprint density at radius 3 is 2.33 bits per heavy atom. The predicted octanol–water partition coefficient (Wildman–Crippen LogP) is 7.44. The number of ether oxygens (including phenoxy) is 1. The summed E-state index contributed by atoms with van der Waals surface area (Å²) in [6, 6.07) is 12.1. The quantitative estimate of drug-likeness (QED) is 0.420. The average molecular weight is 482 g/mol. The second kappa shape index (κ2) is 8.13. The van der Waals surface area contributed by atoms with E-state index in [1.165, 1.54) is 18.6 Å². The lowest BCUT2D eigenvalue weighted by atomic mass is 9.80. The van der Waals surface area contributed by atoms with E-state index in [2.05, 4.69) is 50.5 Å². The van der Waals surface area contributed by atoms with Crippen molar-refractivity contribution in [2.24, 2.45) is 11.8 Å². The van der Waals surface area contributed by atoms with E-state index in [4.69, 9.17) is 4.98 Å². The molecule has 0 radical (unpaired) electrons. The molecule has 4 rings (SSSR count). The molecule has 160 valence electrons. The minimum absolute atomic E-state index is 0.250. The maximum Gasteiger partial charge on any atom is 0.573 e. The van der Waals surface area contributed by atoms with Crippen LogP contribution in [0.1, 0.15) is 39.2 Å². The highest BCUT2D eigenvalue weighted by Gasteiger charge is 2.31. The first-order valence-electron chi connectivity index (χ1n) is 9.98. The molecule has 1 saturated carbocycles. The molecule has 30 heavy (non-hydrogen) atoms. The third-order valence-corrected chi connectivity index (χ3v) is 6.01. The Morgan fingerprint density at radius 1 is 1.03 bits per heavy atom. The van der Waals surface area contributed by atoms with Crippen LogP contribution in [0.3, 0.4) is 0 Å². The van der Waals surface area contributed by atoms with E-state index < -0.39 is 6.36 Å². The van der Waals surface area contributed by atoms with Crippen molar-refractivity contribution in [3.8, 4) is 5.75 Å². The van der Waals surface area contributed by atoms with E-state index in [0.29, 0.717) is 29.5 Å². The summed E-state index contributed by atoms with van der Waals surface area (Å²) in [5.74, 6) is 1.69. The van der Waals surface area contributed by atoms with Crippen LogP contribution < -0.4 is 10.1 Å². The van der Waals surface area contributed by atoms with Crippen molar-refractivity contribution in [3.63, 3.8) is 0 Å². The zero-order valence-electron chi connectivity index (χ0n) is 16.7. The van der Waals surface area contributed by atoms with Gasteiger partial charge in [-0.3, -0.25) is 0 Å². The third-order valence-electron chi connectivity index (χ3n) is 5.51. The minimum atomic E-state index is -4.70. The molecule has 8 heteroatoms. The molecule has 1 aromatic heterocycles. The van der Waals surface area contributed by atoms with E-state index >= 15 is 0 Å². The van der Waals surface area contributed by atoms with Crippen molar-refractivity contribution in [2.75, 3.05) is 5.32 Å². The van der Waals surface area contributed by atoms with Gasteiger partial charge in [0.1, 0.15) is 5.75 Å². The van der Waals surface area contributed by atoms with Crippen molar-refractivity contribution in [1.82, 2.24) is 9.55 Å². The molecule has 0 bridgehead atoms. The SMILES string of the molecule is CC1CC(C)CC(n2c(Nc3ccc(OC(F)(F)F)cc3)nc3cc(Br)ccc32)C1. The summed E-state index contributed by atoms with van der Waals surface area (Å²) < 4.78 is 44.4. The Kier molecular flexibility index (Phi) is 5.70. The minimum Gasteiger partial charge on any atom is -0.406 e. The lowest BCUT2D eigenvalue weighted by Crippen LogP contribution is -2.23. The zero-order chi connectivity index (χ0) is 21.5. The molecule has 1 fully saturated rings. The number of anilines is 2. The molecule has 2 unspecified atom stereocenters. The van der Waals surface area contributed by atoms with Crippen molar-refractivity contribution < 1.29 is 17.9 Å². The maximum absolute atomic E-state index is 12.4. The van der Waals surface area contributed by atoms with Crippen LogP contribution in [0.15, 0.2) is 46.9 Å². The van der Waals surface area contributed by atoms with Gasteiger partial charge in [0.15, 0.2) is 0 Å². The molecule has 0 spiro atoms. The van der Waals surface area contributed by atoms with Crippen LogP contribution in [0.25, 0.3) is 11.0 Å². The second-order valence-corrected chi connectivity index (χ2v) is 9.12. The van der Waals surface area contributed by atoms with Crippen LogP contribution in [0.4, 0.5) is 24.8 Å². The van der Waals surface area contributed by atoms with Crippen LogP contribution in [0.5, 0.6) is 5.75 Å². The summed E-state index contributed by atoms with van der Waals surface area (Å²) in [6.07, 6.45) is -1.35. The lowest BCUT2D eigenvalue weighted by Gasteiger charge is -2.33. The molecule has 0 amide bonds. The molecule has 1 N–H and O–H groups in total. The molecule has 2 aromatic carbocycles. The van der Waals surface area contributed by atoms with Gasteiger partial charge in [0.25, 0.3) is 0 Å².